The summed E-state index contributed by atoms with van der Waals surface area (Å²) in [7, 11) is 0. The van der Waals surface area contributed by atoms with Gasteiger partial charge in [-0.05, 0) is 49.8 Å². The van der Waals surface area contributed by atoms with Crippen LogP contribution < -0.4 is 0 Å². The standard InChI is InChI=1S/C22H20FN3/c1-15-2-4-16(5-3-15)8-18-9-19-13-25-14-26(19)22(11-18)20-7-6-17(12-24)10-21(20)23/h2-7,10,13-14,18,22H,8-9,11H2,1H3. The van der Waals surface area contributed by atoms with Gasteiger partial charge in [-0.1, -0.05) is 35.9 Å². The first-order chi connectivity index (χ1) is 12.6. The maximum Gasteiger partial charge on any atom is 0.129 e. The number of halogens is 1. The van der Waals surface area contributed by atoms with Gasteiger partial charge in [-0.25, -0.2) is 9.37 Å². The van der Waals surface area contributed by atoms with Crippen LogP contribution in [-0.2, 0) is 12.8 Å². The van der Waals surface area contributed by atoms with Gasteiger partial charge in [0, 0.05) is 17.5 Å². The fourth-order valence-corrected chi connectivity index (χ4v) is 3.94. The number of nitrogens with zero attached hydrogens (tertiary/aromatic N) is 3. The smallest absolute Gasteiger partial charge is 0.129 e. The molecule has 0 aliphatic carbocycles. The fraction of sp³-hybridized carbons (Fsp3) is 0.273. The third kappa shape index (κ3) is 3.13. The summed E-state index contributed by atoms with van der Waals surface area (Å²) in [6.45, 7) is 2.09. The predicted molar refractivity (Wildman–Crippen MR) is 98.2 cm³/mol. The van der Waals surface area contributed by atoms with Crippen molar-refractivity contribution in [3.8, 4) is 6.07 Å². The first kappa shape index (κ1) is 16.5. The van der Waals surface area contributed by atoms with Crippen molar-refractivity contribution in [3.05, 3.63) is 88.8 Å². The largest absolute Gasteiger partial charge is 0.327 e. The average Bonchev–Trinajstić information content (AvgIpc) is 3.11. The van der Waals surface area contributed by atoms with E-state index in [1.807, 2.05) is 12.3 Å². The number of aromatic nitrogens is 2. The van der Waals surface area contributed by atoms with Crippen LogP contribution in [0, 0.1) is 30.0 Å². The molecule has 4 rings (SSSR count). The molecule has 4 heteroatoms. The molecule has 0 fully saturated rings. The van der Waals surface area contributed by atoms with E-state index in [1.165, 1.54) is 17.2 Å². The van der Waals surface area contributed by atoms with E-state index in [0.717, 1.165) is 25.0 Å². The Morgan fingerprint density at radius 3 is 2.77 bits per heavy atom. The normalized spacial score (nSPS) is 19.0. The highest BCUT2D eigenvalue weighted by Crippen LogP contribution is 2.36. The summed E-state index contributed by atoms with van der Waals surface area (Å²) in [5.74, 6) is 0.117. The Morgan fingerprint density at radius 2 is 2.04 bits per heavy atom. The molecular weight excluding hydrogens is 325 g/mol. The molecule has 130 valence electrons. The van der Waals surface area contributed by atoms with Crippen LogP contribution in [0.15, 0.2) is 55.0 Å². The van der Waals surface area contributed by atoms with E-state index in [-0.39, 0.29) is 11.9 Å². The Labute approximate surface area is 152 Å². The van der Waals surface area contributed by atoms with Gasteiger partial charge in [0.25, 0.3) is 0 Å². The molecule has 0 spiro atoms. The maximum atomic E-state index is 14.6. The van der Waals surface area contributed by atoms with Crippen molar-refractivity contribution in [3.63, 3.8) is 0 Å². The first-order valence-electron chi connectivity index (χ1n) is 8.90. The summed E-state index contributed by atoms with van der Waals surface area (Å²) < 4.78 is 16.7. The molecule has 2 heterocycles. The van der Waals surface area contributed by atoms with Crippen molar-refractivity contribution in [2.75, 3.05) is 0 Å². The van der Waals surface area contributed by atoms with Crippen LogP contribution in [0.2, 0.25) is 0 Å². The monoisotopic (exact) mass is 345 g/mol. The lowest BCUT2D eigenvalue weighted by molar-refractivity contribution is 0.337. The van der Waals surface area contributed by atoms with E-state index < -0.39 is 0 Å². The summed E-state index contributed by atoms with van der Waals surface area (Å²) in [4.78, 5) is 4.28. The van der Waals surface area contributed by atoms with Crippen LogP contribution in [-0.4, -0.2) is 9.55 Å². The van der Waals surface area contributed by atoms with Gasteiger partial charge in [0.2, 0.25) is 0 Å². The average molecular weight is 345 g/mol. The van der Waals surface area contributed by atoms with Crippen molar-refractivity contribution in [2.24, 2.45) is 5.92 Å². The Kier molecular flexibility index (Phi) is 4.30. The summed E-state index contributed by atoms with van der Waals surface area (Å²) in [6, 6.07) is 15.3. The number of imidazole rings is 1. The van der Waals surface area contributed by atoms with Crippen molar-refractivity contribution in [2.45, 2.75) is 32.2 Å². The van der Waals surface area contributed by atoms with Gasteiger partial charge in [-0.2, -0.15) is 5.26 Å². The highest BCUT2D eigenvalue weighted by molar-refractivity contribution is 5.35. The quantitative estimate of drug-likeness (QED) is 0.696. The summed E-state index contributed by atoms with van der Waals surface area (Å²) in [5.41, 5.74) is 4.70. The second-order valence-corrected chi connectivity index (χ2v) is 7.15. The second kappa shape index (κ2) is 6.76. The molecular formula is C22H20FN3. The molecule has 2 unspecified atom stereocenters. The molecule has 0 N–H and O–H groups in total. The summed E-state index contributed by atoms with van der Waals surface area (Å²) in [6.07, 6.45) is 6.46. The van der Waals surface area contributed by atoms with Crippen molar-refractivity contribution in [1.82, 2.24) is 9.55 Å². The van der Waals surface area contributed by atoms with E-state index in [0.29, 0.717) is 17.0 Å². The van der Waals surface area contributed by atoms with Crippen LogP contribution in [0.4, 0.5) is 4.39 Å². The maximum absolute atomic E-state index is 14.6. The minimum Gasteiger partial charge on any atom is -0.327 e. The number of benzene rings is 2. The van der Waals surface area contributed by atoms with Gasteiger partial charge < -0.3 is 4.57 Å². The van der Waals surface area contributed by atoms with E-state index in [2.05, 4.69) is 40.7 Å². The zero-order chi connectivity index (χ0) is 18.1. The van der Waals surface area contributed by atoms with Crippen LogP contribution >= 0.6 is 0 Å². The van der Waals surface area contributed by atoms with E-state index in [1.54, 1.807) is 18.5 Å². The van der Waals surface area contributed by atoms with Gasteiger partial charge in [0.05, 0.1) is 24.0 Å². The van der Waals surface area contributed by atoms with Crippen LogP contribution in [0.1, 0.15) is 40.4 Å². The van der Waals surface area contributed by atoms with Crippen LogP contribution in [0.5, 0.6) is 0 Å². The predicted octanol–water partition coefficient (Wildman–Crippen LogP) is 4.60. The zero-order valence-electron chi connectivity index (χ0n) is 14.7. The zero-order valence-corrected chi connectivity index (χ0v) is 14.7. The molecule has 1 aliphatic rings. The van der Waals surface area contributed by atoms with E-state index in [9.17, 15) is 4.39 Å². The Balaban J connectivity index is 1.64. The third-order valence-electron chi connectivity index (χ3n) is 5.27. The summed E-state index contributed by atoms with van der Waals surface area (Å²) >= 11 is 0. The SMILES string of the molecule is Cc1ccc(CC2Cc3cncn3C(c3ccc(C#N)cc3F)C2)cc1. The lowest BCUT2D eigenvalue weighted by Crippen LogP contribution is -2.26. The lowest BCUT2D eigenvalue weighted by Gasteiger charge is -2.32. The number of hydrogen-bond acceptors (Lipinski definition) is 2. The van der Waals surface area contributed by atoms with Gasteiger partial charge in [-0.3, -0.25) is 0 Å². The topological polar surface area (TPSA) is 41.6 Å². The molecule has 1 aliphatic heterocycles. The molecule has 0 saturated carbocycles. The number of nitriles is 1. The molecule has 26 heavy (non-hydrogen) atoms. The number of rotatable bonds is 3. The minimum absolute atomic E-state index is 0.0792. The Bertz CT molecular complexity index is 966. The third-order valence-corrected chi connectivity index (χ3v) is 5.27. The molecule has 2 atom stereocenters. The Morgan fingerprint density at radius 1 is 1.23 bits per heavy atom. The highest BCUT2D eigenvalue weighted by Gasteiger charge is 2.29. The van der Waals surface area contributed by atoms with Crippen LogP contribution in [0.25, 0.3) is 0 Å². The Hall–Kier alpha value is -2.93. The van der Waals surface area contributed by atoms with Crippen LogP contribution in [0.3, 0.4) is 0 Å². The molecule has 3 aromatic rings. The van der Waals surface area contributed by atoms with Gasteiger partial charge in [0.15, 0.2) is 0 Å². The highest BCUT2D eigenvalue weighted by atomic mass is 19.1. The molecule has 0 bridgehead atoms. The van der Waals surface area contributed by atoms with E-state index in [4.69, 9.17) is 5.26 Å². The number of hydrogen-bond donors (Lipinski definition) is 0. The molecule has 0 amide bonds. The summed E-state index contributed by atoms with van der Waals surface area (Å²) in [5, 5.41) is 8.98. The molecule has 1 aromatic heterocycles. The molecule has 2 aromatic carbocycles. The van der Waals surface area contributed by atoms with Gasteiger partial charge in [-0.15, -0.1) is 0 Å². The van der Waals surface area contributed by atoms with Crippen molar-refractivity contribution < 1.29 is 4.39 Å². The van der Waals surface area contributed by atoms with Gasteiger partial charge in [0.1, 0.15) is 5.82 Å². The van der Waals surface area contributed by atoms with Crippen molar-refractivity contribution in [1.29, 1.82) is 5.26 Å². The molecule has 0 radical (unpaired) electrons. The first-order valence-corrected chi connectivity index (χ1v) is 8.90. The lowest BCUT2D eigenvalue weighted by atomic mass is 9.83. The number of aryl methyl sites for hydroxylation is 1. The minimum atomic E-state index is -0.315. The van der Waals surface area contributed by atoms with E-state index >= 15 is 0 Å². The fourth-order valence-electron chi connectivity index (χ4n) is 3.94. The van der Waals surface area contributed by atoms with Crippen molar-refractivity contribution >= 4 is 0 Å². The molecule has 0 saturated heterocycles. The second-order valence-electron chi connectivity index (χ2n) is 7.15. The van der Waals surface area contributed by atoms with Gasteiger partial charge >= 0.3 is 0 Å². The molecule has 3 nitrogen and oxygen atoms in total. The number of fused-ring (bicyclic) bond motifs is 1.